The summed E-state index contributed by atoms with van der Waals surface area (Å²) in [7, 11) is 0. The first-order chi connectivity index (χ1) is 10.6. The van der Waals surface area contributed by atoms with Crippen molar-refractivity contribution >= 4 is 23.2 Å². The van der Waals surface area contributed by atoms with Crippen molar-refractivity contribution in [2.24, 2.45) is 0 Å². The van der Waals surface area contributed by atoms with Gasteiger partial charge in [0.2, 0.25) is 5.91 Å². The molecule has 0 fully saturated rings. The molecule has 22 heavy (non-hydrogen) atoms. The van der Waals surface area contributed by atoms with Gasteiger partial charge in [-0.15, -0.1) is 0 Å². The molecule has 116 valence electrons. The number of aryl methyl sites for hydroxylation is 1. The van der Waals surface area contributed by atoms with E-state index in [-0.39, 0.29) is 11.8 Å². The largest absolute Gasteiger partial charge is 0.352 e. The van der Waals surface area contributed by atoms with Crippen molar-refractivity contribution in [1.29, 1.82) is 0 Å². The second-order valence-electron chi connectivity index (χ2n) is 5.14. The molecule has 2 amide bonds. The van der Waals surface area contributed by atoms with Crippen LogP contribution in [0.1, 0.15) is 34.3 Å². The molecule has 0 aliphatic rings. The SMILES string of the molecule is Cc1cccc(CNC(=O)CCCNC(=O)c2ccsc2)c1. The molecule has 0 aliphatic heterocycles. The molecule has 4 nitrogen and oxygen atoms in total. The lowest BCUT2D eigenvalue weighted by atomic mass is 10.1. The summed E-state index contributed by atoms with van der Waals surface area (Å²) in [6, 6.07) is 9.85. The zero-order chi connectivity index (χ0) is 15.8. The van der Waals surface area contributed by atoms with E-state index in [1.165, 1.54) is 16.9 Å². The lowest BCUT2D eigenvalue weighted by Crippen LogP contribution is -2.27. The Morgan fingerprint density at radius 2 is 2.05 bits per heavy atom. The Hall–Kier alpha value is -2.14. The Bertz CT molecular complexity index is 623. The number of thiophene rings is 1. The van der Waals surface area contributed by atoms with Gasteiger partial charge in [-0.1, -0.05) is 29.8 Å². The normalized spacial score (nSPS) is 10.2. The molecule has 0 bridgehead atoms. The van der Waals surface area contributed by atoms with E-state index in [1.54, 1.807) is 6.07 Å². The van der Waals surface area contributed by atoms with Crippen LogP contribution in [-0.2, 0) is 11.3 Å². The van der Waals surface area contributed by atoms with Crippen LogP contribution >= 0.6 is 11.3 Å². The van der Waals surface area contributed by atoms with Gasteiger partial charge in [-0.05, 0) is 30.4 Å². The summed E-state index contributed by atoms with van der Waals surface area (Å²) in [5, 5.41) is 9.38. The maximum absolute atomic E-state index is 11.8. The maximum atomic E-state index is 11.8. The molecule has 0 saturated heterocycles. The number of carbonyl (C=O) groups excluding carboxylic acids is 2. The van der Waals surface area contributed by atoms with Gasteiger partial charge in [0.1, 0.15) is 0 Å². The fourth-order valence-electron chi connectivity index (χ4n) is 2.06. The van der Waals surface area contributed by atoms with Crippen molar-refractivity contribution in [2.45, 2.75) is 26.3 Å². The first-order valence-corrected chi connectivity index (χ1v) is 8.22. The monoisotopic (exact) mass is 316 g/mol. The van der Waals surface area contributed by atoms with Gasteiger partial charge in [-0.3, -0.25) is 9.59 Å². The molecule has 0 radical (unpaired) electrons. The zero-order valence-corrected chi connectivity index (χ0v) is 13.4. The molecule has 5 heteroatoms. The Labute approximate surface area is 134 Å². The fourth-order valence-corrected chi connectivity index (χ4v) is 2.69. The van der Waals surface area contributed by atoms with Crippen LogP contribution in [0.5, 0.6) is 0 Å². The minimum absolute atomic E-state index is 0.00582. The summed E-state index contributed by atoms with van der Waals surface area (Å²) in [5.74, 6) is -0.0762. The number of hydrogen-bond donors (Lipinski definition) is 2. The quantitative estimate of drug-likeness (QED) is 0.772. The highest BCUT2D eigenvalue weighted by Gasteiger charge is 2.05. The molecular formula is C17H20N2O2S. The zero-order valence-electron chi connectivity index (χ0n) is 12.6. The molecular weight excluding hydrogens is 296 g/mol. The number of carbonyl (C=O) groups is 2. The third-order valence-electron chi connectivity index (χ3n) is 3.22. The van der Waals surface area contributed by atoms with Crippen molar-refractivity contribution in [1.82, 2.24) is 10.6 Å². The summed E-state index contributed by atoms with van der Waals surface area (Å²) < 4.78 is 0. The van der Waals surface area contributed by atoms with Crippen LogP contribution in [0, 0.1) is 6.92 Å². The molecule has 2 aromatic rings. The van der Waals surface area contributed by atoms with Gasteiger partial charge >= 0.3 is 0 Å². The van der Waals surface area contributed by atoms with Gasteiger partial charge in [0.15, 0.2) is 0 Å². The average molecular weight is 316 g/mol. The van der Waals surface area contributed by atoms with Crippen LogP contribution in [0.15, 0.2) is 41.1 Å². The number of nitrogens with one attached hydrogen (secondary N) is 2. The van der Waals surface area contributed by atoms with Gasteiger partial charge in [-0.2, -0.15) is 11.3 Å². The molecule has 1 heterocycles. The summed E-state index contributed by atoms with van der Waals surface area (Å²) in [5.41, 5.74) is 2.95. The molecule has 0 aliphatic carbocycles. The van der Waals surface area contributed by atoms with Gasteiger partial charge in [0, 0.05) is 30.5 Å². The fraction of sp³-hybridized carbons (Fsp3) is 0.294. The Balaban J connectivity index is 1.61. The highest BCUT2D eigenvalue weighted by molar-refractivity contribution is 7.08. The van der Waals surface area contributed by atoms with Crippen LogP contribution in [0.4, 0.5) is 0 Å². The van der Waals surface area contributed by atoms with E-state index in [4.69, 9.17) is 0 Å². The van der Waals surface area contributed by atoms with Crippen molar-refractivity contribution in [2.75, 3.05) is 6.54 Å². The smallest absolute Gasteiger partial charge is 0.252 e. The molecule has 2 rings (SSSR count). The van der Waals surface area contributed by atoms with E-state index in [0.29, 0.717) is 31.5 Å². The lowest BCUT2D eigenvalue weighted by Gasteiger charge is -2.07. The van der Waals surface area contributed by atoms with E-state index >= 15 is 0 Å². The second kappa shape index (κ2) is 8.34. The highest BCUT2D eigenvalue weighted by atomic mass is 32.1. The minimum Gasteiger partial charge on any atom is -0.352 e. The van der Waals surface area contributed by atoms with Crippen molar-refractivity contribution in [3.8, 4) is 0 Å². The lowest BCUT2D eigenvalue weighted by molar-refractivity contribution is -0.121. The predicted molar refractivity (Wildman–Crippen MR) is 88.9 cm³/mol. The third-order valence-corrected chi connectivity index (χ3v) is 3.90. The van der Waals surface area contributed by atoms with Crippen LogP contribution in [0.3, 0.4) is 0 Å². The third kappa shape index (κ3) is 5.33. The van der Waals surface area contributed by atoms with Crippen LogP contribution in [0.25, 0.3) is 0 Å². The average Bonchev–Trinajstić information content (AvgIpc) is 3.04. The summed E-state index contributed by atoms with van der Waals surface area (Å²) >= 11 is 1.49. The first-order valence-electron chi connectivity index (χ1n) is 7.28. The van der Waals surface area contributed by atoms with Crippen LogP contribution in [-0.4, -0.2) is 18.4 Å². The number of rotatable bonds is 7. The van der Waals surface area contributed by atoms with E-state index in [1.807, 2.05) is 35.9 Å². The Morgan fingerprint density at radius 3 is 2.77 bits per heavy atom. The van der Waals surface area contributed by atoms with E-state index in [0.717, 1.165) is 5.56 Å². The maximum Gasteiger partial charge on any atom is 0.252 e. The van der Waals surface area contributed by atoms with E-state index in [9.17, 15) is 9.59 Å². The van der Waals surface area contributed by atoms with Crippen LogP contribution < -0.4 is 10.6 Å². The standard InChI is InChI=1S/C17H20N2O2S/c1-13-4-2-5-14(10-13)11-19-16(20)6-3-8-18-17(21)15-7-9-22-12-15/h2,4-5,7,9-10,12H,3,6,8,11H2,1H3,(H,18,21)(H,19,20). The van der Waals surface area contributed by atoms with Crippen molar-refractivity contribution in [3.05, 3.63) is 57.8 Å². The minimum atomic E-state index is -0.0820. The summed E-state index contributed by atoms with van der Waals surface area (Å²) in [4.78, 5) is 23.4. The van der Waals surface area contributed by atoms with E-state index < -0.39 is 0 Å². The van der Waals surface area contributed by atoms with Crippen molar-refractivity contribution in [3.63, 3.8) is 0 Å². The predicted octanol–water partition coefficient (Wildman–Crippen LogP) is 2.88. The molecule has 0 spiro atoms. The molecule has 0 atom stereocenters. The number of amides is 2. The highest BCUT2D eigenvalue weighted by Crippen LogP contribution is 2.05. The molecule has 1 aromatic carbocycles. The van der Waals surface area contributed by atoms with Gasteiger partial charge in [-0.25, -0.2) is 0 Å². The van der Waals surface area contributed by atoms with Gasteiger partial charge in [0.25, 0.3) is 5.91 Å². The second-order valence-corrected chi connectivity index (χ2v) is 5.92. The summed E-state index contributed by atoms with van der Waals surface area (Å²) in [6.07, 6.45) is 1.05. The Morgan fingerprint density at radius 1 is 1.18 bits per heavy atom. The molecule has 0 unspecified atom stereocenters. The molecule has 1 aromatic heterocycles. The topological polar surface area (TPSA) is 58.2 Å². The van der Waals surface area contributed by atoms with Crippen molar-refractivity contribution < 1.29 is 9.59 Å². The first kappa shape index (κ1) is 16.2. The number of hydrogen-bond acceptors (Lipinski definition) is 3. The van der Waals surface area contributed by atoms with Crippen LogP contribution in [0.2, 0.25) is 0 Å². The Kier molecular flexibility index (Phi) is 6.15. The van der Waals surface area contributed by atoms with Gasteiger partial charge < -0.3 is 10.6 Å². The molecule has 2 N–H and O–H groups in total. The summed E-state index contributed by atoms with van der Waals surface area (Å²) in [6.45, 7) is 3.08. The van der Waals surface area contributed by atoms with Gasteiger partial charge in [0.05, 0.1) is 0 Å². The molecule has 0 saturated carbocycles. The van der Waals surface area contributed by atoms with E-state index in [2.05, 4.69) is 16.7 Å². The number of benzene rings is 1.